The Hall–Kier alpha value is -2.89. The highest BCUT2D eigenvalue weighted by Gasteiger charge is 2.11. The zero-order valence-corrected chi connectivity index (χ0v) is 11.1. The third kappa shape index (κ3) is 1.69. The number of rotatable bonds is 1. The molecule has 0 bridgehead atoms. The maximum atomic E-state index is 13.7. The first kappa shape index (κ1) is 11.9. The minimum Gasteiger partial charge on any atom is -0.408 e. The van der Waals surface area contributed by atoms with Crippen molar-refractivity contribution in [3.05, 3.63) is 52.8 Å². The molecule has 0 atom stereocenters. The van der Waals surface area contributed by atoms with Crippen molar-refractivity contribution in [3.8, 4) is 11.4 Å². The molecule has 104 valence electrons. The van der Waals surface area contributed by atoms with Gasteiger partial charge in [0.25, 0.3) is 0 Å². The van der Waals surface area contributed by atoms with Crippen LogP contribution in [-0.2, 0) is 7.05 Å². The second-order valence-corrected chi connectivity index (χ2v) is 4.83. The first-order chi connectivity index (χ1) is 10.1. The van der Waals surface area contributed by atoms with Crippen molar-refractivity contribution in [1.82, 2.24) is 14.5 Å². The molecule has 0 aliphatic carbocycles. The summed E-state index contributed by atoms with van der Waals surface area (Å²) in [5, 5.41) is 0. The van der Waals surface area contributed by atoms with Gasteiger partial charge in [-0.3, -0.25) is 4.57 Å². The fraction of sp³-hybridized carbons (Fsp3) is 0.0667. The third-order valence-corrected chi connectivity index (χ3v) is 3.53. The van der Waals surface area contributed by atoms with E-state index in [2.05, 4.69) is 9.97 Å². The molecule has 0 unspecified atom stereocenters. The van der Waals surface area contributed by atoms with Gasteiger partial charge < -0.3 is 9.40 Å². The summed E-state index contributed by atoms with van der Waals surface area (Å²) in [6.45, 7) is 0. The molecular formula is C15H10FN3O2. The minimum atomic E-state index is -0.419. The number of aromatic amines is 1. The second kappa shape index (κ2) is 4.05. The Morgan fingerprint density at radius 1 is 1.29 bits per heavy atom. The van der Waals surface area contributed by atoms with Gasteiger partial charge in [-0.15, -0.1) is 0 Å². The van der Waals surface area contributed by atoms with E-state index in [9.17, 15) is 9.18 Å². The molecule has 0 fully saturated rings. The van der Waals surface area contributed by atoms with E-state index in [1.807, 2.05) is 0 Å². The van der Waals surface area contributed by atoms with Gasteiger partial charge >= 0.3 is 5.76 Å². The standard InChI is InChI=1S/C15H10FN3O2/c1-19-11-7-8(5-6-12(11)21-15(19)20)14-17-10-4-2-3-9(16)13(10)18-14/h2-7H,1H3,(H,17,18). The summed E-state index contributed by atoms with van der Waals surface area (Å²) in [7, 11) is 1.64. The summed E-state index contributed by atoms with van der Waals surface area (Å²) in [4.78, 5) is 18.8. The molecule has 2 aromatic heterocycles. The number of nitrogens with zero attached hydrogens (tertiary/aromatic N) is 2. The number of aromatic nitrogens is 3. The summed E-state index contributed by atoms with van der Waals surface area (Å²) in [6, 6.07) is 10.0. The molecule has 0 aliphatic rings. The van der Waals surface area contributed by atoms with Crippen LogP contribution in [0.1, 0.15) is 0 Å². The van der Waals surface area contributed by atoms with Gasteiger partial charge in [0, 0.05) is 12.6 Å². The Kier molecular flexibility index (Phi) is 2.29. The minimum absolute atomic E-state index is 0.300. The van der Waals surface area contributed by atoms with Crippen molar-refractivity contribution < 1.29 is 8.81 Å². The molecule has 0 aliphatic heterocycles. The average molecular weight is 283 g/mol. The Labute approximate surface area is 117 Å². The zero-order chi connectivity index (χ0) is 14.6. The highest BCUT2D eigenvalue weighted by atomic mass is 19.1. The smallest absolute Gasteiger partial charge is 0.408 e. The van der Waals surface area contributed by atoms with Crippen molar-refractivity contribution in [2.24, 2.45) is 7.05 Å². The van der Waals surface area contributed by atoms with Crippen LogP contribution < -0.4 is 5.76 Å². The van der Waals surface area contributed by atoms with Crippen molar-refractivity contribution in [3.63, 3.8) is 0 Å². The molecule has 21 heavy (non-hydrogen) atoms. The largest absolute Gasteiger partial charge is 0.419 e. The number of H-pyrrole nitrogens is 1. The molecule has 6 heteroatoms. The predicted octanol–water partition coefficient (Wildman–Crippen LogP) is 2.81. The topological polar surface area (TPSA) is 63.8 Å². The molecule has 2 heterocycles. The second-order valence-electron chi connectivity index (χ2n) is 4.83. The summed E-state index contributed by atoms with van der Waals surface area (Å²) in [5.74, 6) is -0.241. The van der Waals surface area contributed by atoms with E-state index in [-0.39, 0.29) is 5.82 Å². The molecule has 4 rings (SSSR count). The van der Waals surface area contributed by atoms with E-state index < -0.39 is 5.76 Å². The van der Waals surface area contributed by atoms with Crippen molar-refractivity contribution in [2.45, 2.75) is 0 Å². The first-order valence-electron chi connectivity index (χ1n) is 6.38. The average Bonchev–Trinajstić information content (AvgIpc) is 3.03. The van der Waals surface area contributed by atoms with E-state index in [1.165, 1.54) is 10.6 Å². The van der Waals surface area contributed by atoms with Crippen LogP contribution in [0, 0.1) is 5.82 Å². The van der Waals surface area contributed by atoms with Gasteiger partial charge in [-0.05, 0) is 30.3 Å². The van der Waals surface area contributed by atoms with E-state index in [0.717, 1.165) is 5.56 Å². The summed E-state index contributed by atoms with van der Waals surface area (Å²) in [6.07, 6.45) is 0. The fourth-order valence-corrected chi connectivity index (χ4v) is 2.41. The molecule has 0 saturated carbocycles. The van der Waals surface area contributed by atoms with Crippen LogP contribution in [0.3, 0.4) is 0 Å². The molecule has 1 N–H and O–H groups in total. The highest BCUT2D eigenvalue weighted by molar-refractivity contribution is 5.83. The molecule has 5 nitrogen and oxygen atoms in total. The molecule has 0 radical (unpaired) electrons. The third-order valence-electron chi connectivity index (χ3n) is 3.53. The van der Waals surface area contributed by atoms with Crippen LogP contribution in [0.2, 0.25) is 0 Å². The Morgan fingerprint density at radius 2 is 2.14 bits per heavy atom. The number of imidazole rings is 1. The predicted molar refractivity (Wildman–Crippen MR) is 76.5 cm³/mol. The Balaban J connectivity index is 1.97. The molecular weight excluding hydrogens is 273 g/mol. The maximum absolute atomic E-state index is 13.7. The normalized spacial score (nSPS) is 11.5. The van der Waals surface area contributed by atoms with Crippen molar-refractivity contribution >= 4 is 22.1 Å². The lowest BCUT2D eigenvalue weighted by atomic mass is 10.2. The Bertz CT molecular complexity index is 1040. The molecule has 4 aromatic rings. The number of benzene rings is 2. The number of hydrogen-bond acceptors (Lipinski definition) is 3. The lowest BCUT2D eigenvalue weighted by Gasteiger charge is -1.97. The number of halogens is 1. The van der Waals surface area contributed by atoms with Crippen LogP contribution in [0.15, 0.2) is 45.6 Å². The summed E-state index contributed by atoms with van der Waals surface area (Å²) in [5.41, 5.74) is 2.86. The van der Waals surface area contributed by atoms with E-state index >= 15 is 0 Å². The molecule has 0 amide bonds. The van der Waals surface area contributed by atoms with Gasteiger partial charge in [-0.2, -0.15) is 0 Å². The highest BCUT2D eigenvalue weighted by Crippen LogP contribution is 2.25. The lowest BCUT2D eigenvalue weighted by Crippen LogP contribution is -2.08. The quantitative estimate of drug-likeness (QED) is 0.584. The first-order valence-corrected chi connectivity index (χ1v) is 6.38. The van der Waals surface area contributed by atoms with Crippen LogP contribution in [0.5, 0.6) is 0 Å². The molecule has 0 saturated heterocycles. The molecule has 0 spiro atoms. The van der Waals surface area contributed by atoms with Crippen molar-refractivity contribution in [2.75, 3.05) is 0 Å². The number of hydrogen-bond donors (Lipinski definition) is 1. The van der Waals surface area contributed by atoms with Gasteiger partial charge in [-0.1, -0.05) is 6.07 Å². The van der Waals surface area contributed by atoms with Crippen LogP contribution in [0.4, 0.5) is 4.39 Å². The van der Waals surface area contributed by atoms with Gasteiger partial charge in [0.2, 0.25) is 0 Å². The number of oxazole rings is 1. The van der Waals surface area contributed by atoms with E-state index in [4.69, 9.17) is 4.42 Å². The molecule has 2 aromatic carbocycles. The fourth-order valence-electron chi connectivity index (χ4n) is 2.41. The van der Waals surface area contributed by atoms with Gasteiger partial charge in [-0.25, -0.2) is 14.2 Å². The van der Waals surface area contributed by atoms with Crippen molar-refractivity contribution in [1.29, 1.82) is 0 Å². The summed E-state index contributed by atoms with van der Waals surface area (Å²) < 4.78 is 20.2. The van der Waals surface area contributed by atoms with Gasteiger partial charge in [0.15, 0.2) is 11.4 Å². The van der Waals surface area contributed by atoms with E-state index in [0.29, 0.717) is 28.0 Å². The zero-order valence-electron chi connectivity index (χ0n) is 11.1. The lowest BCUT2D eigenvalue weighted by molar-refractivity contribution is 0.528. The number of fused-ring (bicyclic) bond motifs is 2. The van der Waals surface area contributed by atoms with Crippen LogP contribution >= 0.6 is 0 Å². The monoisotopic (exact) mass is 283 g/mol. The number of aryl methyl sites for hydroxylation is 1. The summed E-state index contributed by atoms with van der Waals surface area (Å²) >= 11 is 0. The SMILES string of the molecule is Cn1c(=O)oc2ccc(-c3nc4c(F)cccc4[nH]3)cc21. The maximum Gasteiger partial charge on any atom is 0.419 e. The van der Waals surface area contributed by atoms with Gasteiger partial charge in [0.1, 0.15) is 11.3 Å². The number of nitrogens with one attached hydrogen (secondary N) is 1. The van der Waals surface area contributed by atoms with Gasteiger partial charge in [0.05, 0.1) is 11.0 Å². The van der Waals surface area contributed by atoms with E-state index in [1.54, 1.807) is 37.4 Å². The van der Waals surface area contributed by atoms with Crippen LogP contribution in [-0.4, -0.2) is 14.5 Å². The van der Waals surface area contributed by atoms with Crippen LogP contribution in [0.25, 0.3) is 33.5 Å². The number of para-hydroxylation sites is 1. The Morgan fingerprint density at radius 3 is 2.95 bits per heavy atom.